The molecule has 0 saturated heterocycles. The number of benzene rings is 2. The summed E-state index contributed by atoms with van der Waals surface area (Å²) in [6.45, 7) is 4.22. The van der Waals surface area contributed by atoms with E-state index in [-0.39, 0.29) is 0 Å². The fourth-order valence-corrected chi connectivity index (χ4v) is 2.21. The Morgan fingerprint density at radius 1 is 0.941 bits per heavy atom. The fraction of sp³-hybridized carbons (Fsp3) is 0.200. The molecule has 2 heteroatoms. The summed E-state index contributed by atoms with van der Waals surface area (Å²) in [7, 11) is 1.69. The molecule has 0 spiro atoms. The number of methoxy groups -OCH3 is 1. The van der Waals surface area contributed by atoms with Gasteiger partial charge in [0, 0.05) is 10.5 Å². The zero-order chi connectivity index (χ0) is 12.4. The molecule has 0 saturated carbocycles. The van der Waals surface area contributed by atoms with Crippen LogP contribution < -0.4 is 4.74 Å². The first-order chi connectivity index (χ1) is 8.11. The molecule has 0 fully saturated rings. The lowest BCUT2D eigenvalue weighted by atomic mass is 9.98. The molecule has 17 heavy (non-hydrogen) atoms. The molecule has 88 valence electrons. The Balaban J connectivity index is 2.60. The van der Waals surface area contributed by atoms with Crippen molar-refractivity contribution in [2.75, 3.05) is 7.11 Å². The van der Waals surface area contributed by atoms with Gasteiger partial charge < -0.3 is 4.74 Å². The van der Waals surface area contributed by atoms with Crippen LogP contribution in [0.5, 0.6) is 5.75 Å². The average Bonchev–Trinajstić information content (AvgIpc) is 2.30. The van der Waals surface area contributed by atoms with Crippen LogP contribution in [0, 0.1) is 13.8 Å². The molecule has 0 unspecified atom stereocenters. The van der Waals surface area contributed by atoms with Gasteiger partial charge in [0.05, 0.1) is 7.11 Å². The van der Waals surface area contributed by atoms with Crippen LogP contribution in [0.4, 0.5) is 0 Å². The lowest BCUT2D eigenvalue weighted by Crippen LogP contribution is -1.90. The van der Waals surface area contributed by atoms with E-state index in [1.54, 1.807) is 7.11 Å². The average molecular weight is 244 g/mol. The summed E-state index contributed by atoms with van der Waals surface area (Å²) in [6.07, 6.45) is 0. The van der Waals surface area contributed by atoms with Gasteiger partial charge in [-0.1, -0.05) is 23.8 Å². The maximum atomic E-state index is 5.42. The van der Waals surface area contributed by atoms with Crippen molar-refractivity contribution in [2.24, 2.45) is 0 Å². The van der Waals surface area contributed by atoms with E-state index in [0.717, 1.165) is 16.2 Å². The second-order valence-corrected chi connectivity index (χ2v) is 4.72. The molecular formula is C15H16OS. The summed E-state index contributed by atoms with van der Waals surface area (Å²) >= 11 is 4.33. The zero-order valence-electron chi connectivity index (χ0n) is 10.3. The highest BCUT2D eigenvalue weighted by molar-refractivity contribution is 7.80. The zero-order valence-corrected chi connectivity index (χ0v) is 11.2. The molecule has 2 aromatic rings. The summed E-state index contributed by atoms with van der Waals surface area (Å²) < 4.78 is 5.42. The Labute approximate surface area is 108 Å². The van der Waals surface area contributed by atoms with Crippen molar-refractivity contribution in [1.29, 1.82) is 0 Å². The number of thiol groups is 1. The number of hydrogen-bond acceptors (Lipinski definition) is 2. The predicted molar refractivity (Wildman–Crippen MR) is 75.2 cm³/mol. The smallest absolute Gasteiger partial charge is 0.127 e. The van der Waals surface area contributed by atoms with Crippen molar-refractivity contribution in [1.82, 2.24) is 0 Å². The van der Waals surface area contributed by atoms with Crippen molar-refractivity contribution in [3.05, 3.63) is 47.5 Å². The highest BCUT2D eigenvalue weighted by Crippen LogP contribution is 2.33. The van der Waals surface area contributed by atoms with E-state index in [2.05, 4.69) is 50.7 Å². The Hall–Kier alpha value is -1.41. The highest BCUT2D eigenvalue weighted by atomic mass is 32.1. The van der Waals surface area contributed by atoms with Crippen LogP contribution in [0.25, 0.3) is 11.1 Å². The topological polar surface area (TPSA) is 9.23 Å². The standard InChI is InChI=1S/C15H16OS/c1-10-4-6-13(11(2)8-10)14-7-5-12(17)9-15(14)16-3/h4-9,17H,1-3H3. The Morgan fingerprint density at radius 2 is 1.65 bits per heavy atom. The van der Waals surface area contributed by atoms with E-state index in [1.165, 1.54) is 16.7 Å². The van der Waals surface area contributed by atoms with Crippen LogP contribution in [-0.4, -0.2) is 7.11 Å². The Bertz CT molecular complexity index is 547. The molecule has 0 N–H and O–H groups in total. The first-order valence-corrected chi connectivity index (χ1v) is 6.01. The molecule has 2 aromatic carbocycles. The van der Waals surface area contributed by atoms with Gasteiger partial charge in [0.2, 0.25) is 0 Å². The molecule has 0 heterocycles. The molecule has 0 bridgehead atoms. The third-order valence-corrected chi connectivity index (χ3v) is 3.14. The van der Waals surface area contributed by atoms with Crippen LogP contribution in [0.2, 0.25) is 0 Å². The van der Waals surface area contributed by atoms with Gasteiger partial charge in [-0.2, -0.15) is 0 Å². The minimum absolute atomic E-state index is 0.865. The lowest BCUT2D eigenvalue weighted by Gasteiger charge is -2.12. The van der Waals surface area contributed by atoms with Crippen LogP contribution in [-0.2, 0) is 0 Å². The quantitative estimate of drug-likeness (QED) is 0.776. The van der Waals surface area contributed by atoms with Gasteiger partial charge in [0.1, 0.15) is 5.75 Å². The summed E-state index contributed by atoms with van der Waals surface area (Å²) in [5, 5.41) is 0. The summed E-state index contributed by atoms with van der Waals surface area (Å²) in [5.41, 5.74) is 4.86. The molecule has 0 radical (unpaired) electrons. The second kappa shape index (κ2) is 4.84. The maximum absolute atomic E-state index is 5.42. The van der Waals surface area contributed by atoms with Crippen molar-refractivity contribution >= 4 is 12.6 Å². The molecule has 0 amide bonds. The predicted octanol–water partition coefficient (Wildman–Crippen LogP) is 4.27. The van der Waals surface area contributed by atoms with E-state index < -0.39 is 0 Å². The molecular weight excluding hydrogens is 228 g/mol. The van der Waals surface area contributed by atoms with Gasteiger partial charge in [-0.25, -0.2) is 0 Å². The van der Waals surface area contributed by atoms with Crippen LogP contribution >= 0.6 is 12.6 Å². The number of rotatable bonds is 2. The first-order valence-electron chi connectivity index (χ1n) is 5.56. The van der Waals surface area contributed by atoms with Crippen LogP contribution in [0.15, 0.2) is 41.3 Å². The largest absolute Gasteiger partial charge is 0.496 e. The summed E-state index contributed by atoms with van der Waals surface area (Å²) in [5.74, 6) is 0.865. The highest BCUT2D eigenvalue weighted by Gasteiger charge is 2.08. The summed E-state index contributed by atoms with van der Waals surface area (Å²) in [4.78, 5) is 0.912. The van der Waals surface area contributed by atoms with Gasteiger partial charge in [-0.05, 0) is 43.2 Å². The van der Waals surface area contributed by atoms with E-state index in [1.807, 2.05) is 12.1 Å². The Kier molecular flexibility index (Phi) is 3.43. The number of aryl methyl sites for hydroxylation is 2. The van der Waals surface area contributed by atoms with Crippen molar-refractivity contribution in [2.45, 2.75) is 18.7 Å². The van der Waals surface area contributed by atoms with E-state index >= 15 is 0 Å². The number of hydrogen-bond donors (Lipinski definition) is 1. The fourth-order valence-electron chi connectivity index (χ4n) is 2.02. The molecule has 0 aliphatic heterocycles. The normalized spacial score (nSPS) is 10.4. The van der Waals surface area contributed by atoms with Crippen molar-refractivity contribution in [3.63, 3.8) is 0 Å². The minimum atomic E-state index is 0.865. The maximum Gasteiger partial charge on any atom is 0.127 e. The van der Waals surface area contributed by atoms with E-state index in [0.29, 0.717) is 0 Å². The third-order valence-electron chi connectivity index (χ3n) is 2.86. The molecule has 0 aliphatic carbocycles. The van der Waals surface area contributed by atoms with Gasteiger partial charge in [-0.3, -0.25) is 0 Å². The monoisotopic (exact) mass is 244 g/mol. The second-order valence-electron chi connectivity index (χ2n) is 4.20. The van der Waals surface area contributed by atoms with Crippen molar-refractivity contribution in [3.8, 4) is 16.9 Å². The number of ether oxygens (including phenoxy) is 1. The minimum Gasteiger partial charge on any atom is -0.496 e. The van der Waals surface area contributed by atoms with Gasteiger partial charge in [0.25, 0.3) is 0 Å². The Morgan fingerprint density at radius 3 is 2.29 bits per heavy atom. The molecule has 1 nitrogen and oxygen atoms in total. The molecule has 0 atom stereocenters. The molecule has 2 rings (SSSR count). The van der Waals surface area contributed by atoms with E-state index in [4.69, 9.17) is 4.74 Å². The van der Waals surface area contributed by atoms with Gasteiger partial charge >= 0.3 is 0 Å². The summed E-state index contributed by atoms with van der Waals surface area (Å²) in [6, 6.07) is 12.4. The SMILES string of the molecule is COc1cc(S)ccc1-c1ccc(C)cc1C. The van der Waals surface area contributed by atoms with Gasteiger partial charge in [-0.15, -0.1) is 12.6 Å². The third kappa shape index (κ3) is 2.47. The van der Waals surface area contributed by atoms with Crippen molar-refractivity contribution < 1.29 is 4.74 Å². The van der Waals surface area contributed by atoms with E-state index in [9.17, 15) is 0 Å². The van der Waals surface area contributed by atoms with Crippen LogP contribution in [0.1, 0.15) is 11.1 Å². The van der Waals surface area contributed by atoms with Crippen LogP contribution in [0.3, 0.4) is 0 Å². The first kappa shape index (κ1) is 12.1. The lowest BCUT2D eigenvalue weighted by molar-refractivity contribution is 0.415. The van der Waals surface area contributed by atoms with Gasteiger partial charge in [0.15, 0.2) is 0 Å². The molecule has 0 aromatic heterocycles. The molecule has 0 aliphatic rings.